The van der Waals surface area contributed by atoms with E-state index >= 15 is 0 Å². The summed E-state index contributed by atoms with van der Waals surface area (Å²) >= 11 is 16.9. The molecule has 12 nitrogen and oxygen atoms in total. The van der Waals surface area contributed by atoms with Crippen LogP contribution in [0.15, 0.2) is 24.5 Å². The molecular formula is C33H49Cl3N6O6. The number of nitrogens with zero attached hydrogens (tertiary/aromatic N) is 4. The Labute approximate surface area is 299 Å². The minimum absolute atomic E-state index is 0. The lowest BCUT2D eigenvalue weighted by atomic mass is 9.96. The minimum atomic E-state index is -0.581. The van der Waals surface area contributed by atoms with Crippen molar-refractivity contribution in [3.63, 3.8) is 0 Å². The lowest BCUT2D eigenvalue weighted by Crippen LogP contribution is -2.44. The molecule has 1 amide bonds. The van der Waals surface area contributed by atoms with Gasteiger partial charge in [-0.2, -0.15) is 0 Å². The third-order valence-electron chi connectivity index (χ3n) is 7.85. The first kappa shape index (κ1) is 43.0. The Morgan fingerprint density at radius 2 is 1.29 bits per heavy atom. The van der Waals surface area contributed by atoms with E-state index in [2.05, 4.69) is 57.5 Å². The number of nitrogens with one attached hydrogen (secondary N) is 1. The number of nitrogens with two attached hydrogens (primary N) is 1. The number of aromatic nitrogens is 2. The summed E-state index contributed by atoms with van der Waals surface area (Å²) in [6.07, 6.45) is 6.63. The Balaban J connectivity index is 0.000000390. The SMILES string of the molecule is C.CC(C)N1CCCC(C(=O)Cl)C1.COC(=O)c1cc(Cl)cnc1N.COC(=O)c1cc(Cl)cnc1NC(=O)C1CCCN(C(C)C)C1. The highest BCUT2D eigenvalue weighted by atomic mass is 35.5. The Morgan fingerprint density at radius 1 is 0.833 bits per heavy atom. The van der Waals surface area contributed by atoms with Gasteiger partial charge in [-0.25, -0.2) is 19.6 Å². The van der Waals surface area contributed by atoms with Crippen LogP contribution in [0, 0.1) is 11.8 Å². The fourth-order valence-electron chi connectivity index (χ4n) is 5.10. The molecule has 2 aliphatic heterocycles. The van der Waals surface area contributed by atoms with Crippen molar-refractivity contribution in [2.24, 2.45) is 11.8 Å². The minimum Gasteiger partial charge on any atom is -0.465 e. The van der Waals surface area contributed by atoms with Gasteiger partial charge < -0.3 is 30.3 Å². The zero-order chi connectivity index (χ0) is 35.3. The molecule has 0 spiro atoms. The molecule has 2 aromatic rings. The predicted octanol–water partition coefficient (Wildman–Crippen LogP) is 6.19. The van der Waals surface area contributed by atoms with Crippen molar-refractivity contribution in [1.82, 2.24) is 19.8 Å². The smallest absolute Gasteiger partial charge is 0.341 e. The van der Waals surface area contributed by atoms with E-state index in [1.54, 1.807) is 0 Å². The van der Waals surface area contributed by atoms with Gasteiger partial charge in [-0.1, -0.05) is 30.6 Å². The zero-order valence-corrected chi connectivity index (χ0v) is 30.0. The summed E-state index contributed by atoms with van der Waals surface area (Å²) in [7, 11) is 2.54. The van der Waals surface area contributed by atoms with Crippen LogP contribution in [-0.4, -0.2) is 95.3 Å². The normalized spacial score (nSPS) is 17.9. The number of methoxy groups -OCH3 is 2. The van der Waals surface area contributed by atoms with Crippen LogP contribution >= 0.6 is 34.8 Å². The lowest BCUT2D eigenvalue weighted by Gasteiger charge is -2.34. The summed E-state index contributed by atoms with van der Waals surface area (Å²) in [5.41, 5.74) is 5.74. The quantitative estimate of drug-likeness (QED) is 0.247. The van der Waals surface area contributed by atoms with Gasteiger partial charge in [0, 0.05) is 43.5 Å². The number of ether oxygens (including phenoxy) is 2. The Hall–Kier alpha value is -3.03. The molecular weight excluding hydrogens is 683 g/mol. The van der Waals surface area contributed by atoms with Gasteiger partial charge in [0.25, 0.3) is 0 Å². The number of halogens is 3. The second-order valence-electron chi connectivity index (χ2n) is 11.8. The van der Waals surface area contributed by atoms with Crippen LogP contribution in [0.5, 0.6) is 0 Å². The van der Waals surface area contributed by atoms with Crippen molar-refractivity contribution in [2.75, 3.05) is 51.4 Å². The summed E-state index contributed by atoms with van der Waals surface area (Å²) in [5, 5.41) is 3.24. The van der Waals surface area contributed by atoms with E-state index in [0.29, 0.717) is 28.7 Å². The van der Waals surface area contributed by atoms with Crippen LogP contribution in [0.2, 0.25) is 10.0 Å². The van der Waals surface area contributed by atoms with Crippen molar-refractivity contribution in [2.45, 2.75) is 72.9 Å². The van der Waals surface area contributed by atoms with Crippen LogP contribution in [0.4, 0.5) is 11.6 Å². The lowest BCUT2D eigenvalue weighted by molar-refractivity contribution is -0.121. The molecule has 2 saturated heterocycles. The Bertz CT molecular complexity index is 1380. The van der Waals surface area contributed by atoms with Gasteiger partial charge in [-0.15, -0.1) is 0 Å². The van der Waals surface area contributed by atoms with Crippen molar-refractivity contribution in [3.05, 3.63) is 45.7 Å². The van der Waals surface area contributed by atoms with Crippen LogP contribution in [0.1, 0.15) is 81.5 Å². The van der Waals surface area contributed by atoms with Gasteiger partial charge in [0.1, 0.15) is 22.8 Å². The molecule has 2 aromatic heterocycles. The number of nitrogen functional groups attached to an aromatic ring is 1. The molecule has 4 heterocycles. The molecule has 0 aromatic carbocycles. The van der Waals surface area contributed by atoms with Gasteiger partial charge in [-0.3, -0.25) is 9.59 Å². The number of hydrogen-bond donors (Lipinski definition) is 2. The summed E-state index contributed by atoms with van der Waals surface area (Å²) in [4.78, 5) is 58.6. The third kappa shape index (κ3) is 13.5. The maximum atomic E-state index is 12.5. The number of esters is 2. The summed E-state index contributed by atoms with van der Waals surface area (Å²) in [6, 6.07) is 3.79. The van der Waals surface area contributed by atoms with Gasteiger partial charge >= 0.3 is 11.9 Å². The number of carbonyl (C=O) groups excluding carboxylic acids is 4. The van der Waals surface area contributed by atoms with Crippen LogP contribution in [0.25, 0.3) is 0 Å². The number of rotatable bonds is 7. The molecule has 0 radical (unpaired) electrons. The number of anilines is 2. The number of likely N-dealkylation sites (tertiary alicyclic amines) is 2. The number of piperidine rings is 2. The van der Waals surface area contributed by atoms with E-state index in [0.717, 1.165) is 45.3 Å². The number of pyridine rings is 2. The van der Waals surface area contributed by atoms with Crippen LogP contribution < -0.4 is 11.1 Å². The van der Waals surface area contributed by atoms with E-state index in [-0.39, 0.29) is 53.2 Å². The third-order valence-corrected chi connectivity index (χ3v) is 8.57. The van der Waals surface area contributed by atoms with Crippen LogP contribution in [0.3, 0.4) is 0 Å². The first-order valence-corrected chi connectivity index (χ1v) is 16.5. The topological polar surface area (TPSA) is 157 Å². The summed E-state index contributed by atoms with van der Waals surface area (Å²) in [5.74, 6) is -0.989. The fraction of sp³-hybridized carbons (Fsp3) is 0.576. The first-order valence-electron chi connectivity index (χ1n) is 15.4. The molecule has 0 aliphatic carbocycles. The van der Waals surface area contributed by atoms with Crippen molar-refractivity contribution < 1.29 is 28.7 Å². The van der Waals surface area contributed by atoms with Gasteiger partial charge in [-0.05, 0) is 90.2 Å². The number of carbonyl (C=O) groups is 4. The summed E-state index contributed by atoms with van der Waals surface area (Å²) < 4.78 is 9.16. The number of hydrogen-bond acceptors (Lipinski definition) is 11. The maximum absolute atomic E-state index is 12.5. The standard InChI is InChI=1S/C16H22ClN3O3.C9H16ClNO.C7H7ClN2O2.CH4/c1-10(2)20-6-4-5-11(9-20)15(21)19-14-13(16(22)23-3)7-12(17)8-18-14;1-7(2)11-5-3-4-8(6-11)9(10)12;1-12-7(11)5-2-4(8)3-10-6(5)9;/h7-8,10-11H,4-6,9H2,1-3H3,(H,18,19,21);7-8H,3-6H2,1-2H3;2-3H,1H3,(H2,9,10);1H4. The monoisotopic (exact) mass is 730 g/mol. The highest BCUT2D eigenvalue weighted by Gasteiger charge is 2.28. The largest absolute Gasteiger partial charge is 0.465 e. The Morgan fingerprint density at radius 3 is 1.79 bits per heavy atom. The molecule has 0 saturated carbocycles. The molecule has 268 valence electrons. The number of amides is 1. The molecule has 2 unspecified atom stereocenters. The first-order chi connectivity index (χ1) is 22.2. The Kier molecular flexibility index (Phi) is 18.9. The molecule has 3 N–H and O–H groups in total. The second-order valence-corrected chi connectivity index (χ2v) is 13.0. The average Bonchev–Trinajstić information content (AvgIpc) is 3.06. The fourth-order valence-corrected chi connectivity index (χ4v) is 5.59. The highest BCUT2D eigenvalue weighted by Crippen LogP contribution is 2.23. The summed E-state index contributed by atoms with van der Waals surface area (Å²) in [6.45, 7) is 12.2. The van der Waals surface area contributed by atoms with Gasteiger partial charge in [0.05, 0.1) is 30.2 Å². The molecule has 48 heavy (non-hydrogen) atoms. The molecule has 2 atom stereocenters. The zero-order valence-electron chi connectivity index (χ0n) is 27.7. The molecule has 4 rings (SSSR count). The molecule has 2 fully saturated rings. The molecule has 2 aliphatic rings. The van der Waals surface area contributed by atoms with E-state index in [1.165, 1.54) is 38.7 Å². The molecule has 0 bridgehead atoms. The van der Waals surface area contributed by atoms with Crippen molar-refractivity contribution >= 4 is 69.5 Å². The molecule has 15 heteroatoms. The van der Waals surface area contributed by atoms with Crippen LogP contribution in [-0.2, 0) is 19.1 Å². The van der Waals surface area contributed by atoms with Crippen molar-refractivity contribution in [3.8, 4) is 0 Å². The predicted molar refractivity (Wildman–Crippen MR) is 191 cm³/mol. The van der Waals surface area contributed by atoms with E-state index < -0.39 is 11.9 Å². The van der Waals surface area contributed by atoms with E-state index in [9.17, 15) is 19.2 Å². The highest BCUT2D eigenvalue weighted by molar-refractivity contribution is 6.64. The average molecular weight is 732 g/mol. The maximum Gasteiger partial charge on any atom is 0.341 e. The van der Waals surface area contributed by atoms with E-state index in [1.807, 2.05) is 0 Å². The van der Waals surface area contributed by atoms with Gasteiger partial charge in [0.15, 0.2) is 0 Å². The van der Waals surface area contributed by atoms with Gasteiger partial charge in [0.2, 0.25) is 11.1 Å². The van der Waals surface area contributed by atoms with Crippen molar-refractivity contribution in [1.29, 1.82) is 0 Å². The van der Waals surface area contributed by atoms with E-state index in [4.69, 9.17) is 45.3 Å². The second kappa shape index (κ2) is 21.1.